The summed E-state index contributed by atoms with van der Waals surface area (Å²) in [5, 5.41) is 59.3. The molecule has 2 heterocycles. The third kappa shape index (κ3) is 18.5. The molecule has 2 atom stereocenters. The topological polar surface area (TPSA) is 355 Å². The van der Waals surface area contributed by atoms with Crippen molar-refractivity contribution in [1.82, 2.24) is 10.6 Å². The minimum Gasteiger partial charge on any atom is -0.508 e. The molecule has 0 amide bonds. The lowest BCUT2D eigenvalue weighted by Gasteiger charge is -2.31. The molecule has 12 N–H and O–H groups in total. The maximum atomic E-state index is 12.9. The molecule has 0 aromatic heterocycles. The highest BCUT2D eigenvalue weighted by Gasteiger charge is 2.41. The summed E-state index contributed by atoms with van der Waals surface area (Å²) in [4.78, 5) is 71.5. The Hall–Kier alpha value is -8.12. The number of allylic oxidation sites excluding steroid dienone is 2. The molecule has 2 unspecified atom stereocenters. The summed E-state index contributed by atoms with van der Waals surface area (Å²) >= 11 is 12.8. The number of phenolic OH excluding ortho intramolecular Hbond substituents is 2. The van der Waals surface area contributed by atoms with Gasteiger partial charge in [0.1, 0.15) is 34.1 Å². The maximum absolute atomic E-state index is 12.9. The van der Waals surface area contributed by atoms with Crippen molar-refractivity contribution in [2.75, 3.05) is 67.0 Å². The van der Waals surface area contributed by atoms with Gasteiger partial charge in [0.15, 0.2) is 0 Å². The van der Waals surface area contributed by atoms with E-state index in [0.29, 0.717) is 81.4 Å². The molecule has 0 aliphatic carbocycles. The smallest absolute Gasteiger partial charge is 0.339 e. The molecule has 2 aliphatic heterocycles. The molecule has 6 rings (SSSR count). The van der Waals surface area contributed by atoms with Gasteiger partial charge in [-0.3, -0.25) is 0 Å². The quantitative estimate of drug-likeness (QED) is 0.0213. The standard InChI is InChI=1S/2C20H25ClN2O5.2C7H6O4.CH4/c2*1-4-28-20(25)18-15(11-27-10-9-22)23-12(2)16(19(24)26-3)17(18)13-7-5-6-8-14(13)21;2*8-4-1-2-6(9)5(3-4)7(10)11;/h2*5-8,17,23H,4,9-11,22H2,1-3H3;2*1-3,8-9H,(H,10,11);1H4. The Balaban J connectivity index is 0.000000390. The van der Waals surface area contributed by atoms with E-state index in [1.165, 1.54) is 26.4 Å². The average Bonchev–Trinajstić information content (AvgIpc) is 3.51. The molecule has 0 bridgehead atoms. The zero-order valence-corrected chi connectivity index (χ0v) is 44.9. The number of rotatable bonds is 18. The van der Waals surface area contributed by atoms with E-state index in [0.717, 1.165) is 24.3 Å². The number of methoxy groups -OCH3 is 2. The van der Waals surface area contributed by atoms with E-state index in [2.05, 4.69) is 10.6 Å². The summed E-state index contributed by atoms with van der Waals surface area (Å²) in [5.74, 6) is -7.32. The van der Waals surface area contributed by atoms with Crippen LogP contribution in [-0.4, -0.2) is 133 Å². The number of aromatic hydroxyl groups is 4. The van der Waals surface area contributed by atoms with E-state index in [1.807, 2.05) is 0 Å². The zero-order chi connectivity index (χ0) is 58.2. The van der Waals surface area contributed by atoms with Crippen molar-refractivity contribution in [2.24, 2.45) is 11.5 Å². The van der Waals surface area contributed by atoms with Gasteiger partial charge >= 0.3 is 35.8 Å². The molecule has 428 valence electrons. The fourth-order valence-electron chi connectivity index (χ4n) is 7.63. The molecule has 0 saturated carbocycles. The third-order valence-corrected chi connectivity index (χ3v) is 11.7. The highest BCUT2D eigenvalue weighted by atomic mass is 35.5. The monoisotopic (exact) mass is 1140 g/mol. The van der Waals surface area contributed by atoms with Crippen LogP contribution in [0.25, 0.3) is 0 Å². The Bertz CT molecular complexity index is 2740. The van der Waals surface area contributed by atoms with Crippen molar-refractivity contribution in [3.05, 3.63) is 162 Å². The van der Waals surface area contributed by atoms with Gasteiger partial charge in [-0.2, -0.15) is 0 Å². The molecular formula is C55H66Cl2N4O18. The lowest BCUT2D eigenvalue weighted by molar-refractivity contribution is -0.140. The molecule has 79 heavy (non-hydrogen) atoms. The van der Waals surface area contributed by atoms with Crippen molar-refractivity contribution < 1.29 is 87.8 Å². The average molecular weight is 1140 g/mol. The molecule has 0 radical (unpaired) electrons. The first kappa shape index (κ1) is 67.0. The number of carboxylic acids is 2. The summed E-state index contributed by atoms with van der Waals surface area (Å²) < 4.78 is 31.6. The second kappa shape index (κ2) is 33.2. The van der Waals surface area contributed by atoms with Crippen LogP contribution in [0.5, 0.6) is 23.0 Å². The van der Waals surface area contributed by atoms with Gasteiger partial charge in [-0.15, -0.1) is 0 Å². The number of carboxylic acid groups (broad SMARTS) is 2. The first-order valence-corrected chi connectivity index (χ1v) is 24.4. The van der Waals surface area contributed by atoms with Crippen molar-refractivity contribution in [3.63, 3.8) is 0 Å². The number of carbonyl (C=O) groups is 6. The first-order chi connectivity index (χ1) is 37.1. The number of benzene rings is 4. The van der Waals surface area contributed by atoms with E-state index in [9.17, 15) is 28.8 Å². The van der Waals surface area contributed by atoms with Crippen molar-refractivity contribution in [2.45, 2.75) is 47.0 Å². The number of hydrogen-bond acceptors (Lipinski definition) is 20. The number of halogens is 2. The number of dihydropyridines is 2. The number of aromatic carboxylic acids is 2. The van der Waals surface area contributed by atoms with Gasteiger partial charge in [0.25, 0.3) is 0 Å². The number of nitrogens with two attached hydrogens (primary N) is 2. The predicted octanol–water partition coefficient (Wildman–Crippen LogP) is 6.76. The fraction of sp³-hybridized carbons (Fsp3) is 0.309. The number of esters is 4. The molecular weight excluding hydrogens is 1080 g/mol. The Morgan fingerprint density at radius 1 is 0.544 bits per heavy atom. The second-order valence-corrected chi connectivity index (χ2v) is 17.0. The van der Waals surface area contributed by atoms with E-state index < -0.39 is 47.7 Å². The van der Waals surface area contributed by atoms with Crippen LogP contribution in [0, 0.1) is 0 Å². The number of phenols is 4. The number of carbonyl (C=O) groups excluding carboxylic acids is 4. The summed E-state index contributed by atoms with van der Waals surface area (Å²) in [5.41, 5.74) is 14.8. The van der Waals surface area contributed by atoms with E-state index in [-0.39, 0.29) is 79.1 Å². The van der Waals surface area contributed by atoms with Gasteiger partial charge in [0, 0.05) is 34.5 Å². The number of nitrogens with one attached hydrogen (secondary N) is 2. The molecule has 2 aliphatic rings. The summed E-state index contributed by atoms with van der Waals surface area (Å²) in [6.07, 6.45) is 0. The highest BCUT2D eigenvalue weighted by molar-refractivity contribution is 6.32. The third-order valence-electron chi connectivity index (χ3n) is 11.0. The predicted molar refractivity (Wildman–Crippen MR) is 291 cm³/mol. The maximum Gasteiger partial charge on any atom is 0.339 e. The minimum absolute atomic E-state index is 0. The van der Waals surface area contributed by atoms with E-state index in [1.54, 1.807) is 76.2 Å². The van der Waals surface area contributed by atoms with E-state index >= 15 is 0 Å². The van der Waals surface area contributed by atoms with Crippen LogP contribution in [0.4, 0.5) is 0 Å². The van der Waals surface area contributed by atoms with Crippen molar-refractivity contribution in [3.8, 4) is 23.0 Å². The Morgan fingerprint density at radius 2 is 0.886 bits per heavy atom. The highest BCUT2D eigenvalue weighted by Crippen LogP contribution is 2.43. The van der Waals surface area contributed by atoms with E-state index in [4.69, 9.17) is 93.7 Å². The molecule has 0 fully saturated rings. The van der Waals surface area contributed by atoms with Crippen LogP contribution in [0.2, 0.25) is 10.0 Å². The molecule has 0 saturated heterocycles. The van der Waals surface area contributed by atoms with Crippen molar-refractivity contribution >= 4 is 59.0 Å². The van der Waals surface area contributed by atoms with Crippen LogP contribution in [-0.2, 0) is 47.6 Å². The van der Waals surface area contributed by atoms with Crippen LogP contribution in [0.3, 0.4) is 0 Å². The normalized spacial score (nSPS) is 14.5. The first-order valence-electron chi connectivity index (χ1n) is 23.6. The minimum atomic E-state index is -1.27. The zero-order valence-electron chi connectivity index (χ0n) is 43.4. The Kier molecular flexibility index (Phi) is 28.2. The second-order valence-electron chi connectivity index (χ2n) is 16.1. The van der Waals surface area contributed by atoms with Crippen LogP contribution >= 0.6 is 23.2 Å². The van der Waals surface area contributed by atoms with Gasteiger partial charge in [0.2, 0.25) is 0 Å². The molecule has 24 heteroatoms. The van der Waals surface area contributed by atoms with Crippen LogP contribution in [0.15, 0.2) is 130 Å². The summed E-state index contributed by atoms with van der Waals surface area (Å²) in [7, 11) is 2.58. The number of ether oxygens (including phenoxy) is 6. The lowest BCUT2D eigenvalue weighted by Crippen LogP contribution is -2.35. The summed E-state index contributed by atoms with van der Waals surface area (Å²) in [6, 6.07) is 20.7. The van der Waals surface area contributed by atoms with Crippen LogP contribution in [0.1, 0.15) is 78.8 Å². The lowest BCUT2D eigenvalue weighted by atomic mass is 9.80. The molecule has 4 aromatic carbocycles. The fourth-order valence-corrected chi connectivity index (χ4v) is 8.12. The molecule has 4 aromatic rings. The molecule has 22 nitrogen and oxygen atoms in total. The van der Waals surface area contributed by atoms with Gasteiger partial charge in [-0.05, 0) is 87.4 Å². The Labute approximate surface area is 466 Å². The SMILES string of the molecule is C.CCOC(=O)C1=C(COCCN)NC(C)=C(C(=O)OC)C1c1ccccc1Cl.CCOC(=O)C1=C(COCCN)NC(C)=C(C(=O)OC)C1c1ccccc1Cl.O=C(O)c1cc(O)ccc1O.O=C(O)c1cc(O)ccc1O. The van der Waals surface area contributed by atoms with Gasteiger partial charge in [-0.25, -0.2) is 28.8 Å². The summed E-state index contributed by atoms with van der Waals surface area (Å²) in [6.45, 7) is 8.83. The van der Waals surface area contributed by atoms with Crippen LogP contribution < -0.4 is 22.1 Å². The van der Waals surface area contributed by atoms with Gasteiger partial charge in [-0.1, -0.05) is 67.0 Å². The van der Waals surface area contributed by atoms with Crippen molar-refractivity contribution in [1.29, 1.82) is 0 Å². The Morgan fingerprint density at radius 3 is 1.16 bits per heavy atom. The van der Waals surface area contributed by atoms with Gasteiger partial charge < -0.3 is 81.2 Å². The number of hydrogen-bond donors (Lipinski definition) is 10. The molecule has 0 spiro atoms. The van der Waals surface area contributed by atoms with Gasteiger partial charge in [0.05, 0.1) is 99.4 Å². The largest absolute Gasteiger partial charge is 0.508 e.